The van der Waals surface area contributed by atoms with Crippen molar-refractivity contribution in [2.24, 2.45) is 0 Å². The number of para-hydroxylation sites is 6. The molecule has 0 aromatic heterocycles. The summed E-state index contributed by atoms with van der Waals surface area (Å²) in [5, 5.41) is 15.0. The van der Waals surface area contributed by atoms with Gasteiger partial charge in [0.05, 0.1) is 5.69 Å². The van der Waals surface area contributed by atoms with Gasteiger partial charge in [-0.15, -0.1) is 0 Å². The highest BCUT2D eigenvalue weighted by atomic mass is 32.2. The molecule has 9 heteroatoms. The molecule has 0 fully saturated rings. The second-order valence-electron chi connectivity index (χ2n) is 27.0. The molecule has 0 N–H and O–H groups in total. The Morgan fingerprint density at radius 2 is 0.772 bits per heavy atom. The number of rotatable bonds is 12. The maximum absolute atomic E-state index is 7.90. The Hall–Kier alpha value is -11.4. The number of fused-ring (bicyclic) bond motifs is 8. The van der Waals surface area contributed by atoms with Gasteiger partial charge in [-0.05, 0) is 138 Å². The topological polar surface area (TPSA) is 19.0 Å². The van der Waals surface area contributed by atoms with Crippen molar-refractivity contribution in [1.29, 1.82) is 0 Å². The zero-order chi connectivity index (χ0) is 67.2. The fourth-order valence-corrected chi connectivity index (χ4v) is 32.1. The summed E-state index contributed by atoms with van der Waals surface area (Å²) in [6.07, 6.45) is 0. The van der Waals surface area contributed by atoms with Gasteiger partial charge >= 0.3 is 0 Å². The van der Waals surface area contributed by atoms with E-state index in [9.17, 15) is 0 Å². The molecule has 0 aliphatic carbocycles. The standard InChI is InChI=1S/C92H68BN3OSSi3/c1-64-33-21-22-46-76(64)94(77-47-23-28-52-86(77)99(68-34-9-3-10-35-68)69-36-11-4-12-37-69)66-57-59-74-83(61-66)97-92-65(2)82(96-80-50-26-31-55-89(80)101(72-42-17-7-18-43-72,73-44-19-8-20-45-73)90-56-32-27-51-81(90)96)63-85-91(92)93(74)75-60-58-67(62-84(75)98-85)95-78-48-24-29-53-87(78)100(70-38-13-5-14-39-70,71-40-15-6-16-41-71)88-54-30-25-49-79(88)95/h3-63,99H,1-2H3. The van der Waals surface area contributed by atoms with Crippen LogP contribution < -0.4 is 92.9 Å². The average Bonchev–Trinajstić information content (AvgIpc) is 0.698. The average molecular weight is 1360 g/mol. The normalized spacial score (nSPS) is 13.9. The molecular weight excluding hydrogens is 1290 g/mol. The summed E-state index contributed by atoms with van der Waals surface area (Å²) >= 11 is 1.89. The van der Waals surface area contributed by atoms with E-state index in [-0.39, 0.29) is 6.71 Å². The minimum absolute atomic E-state index is 0.155. The molecule has 0 saturated carbocycles. The first-order valence-electron chi connectivity index (χ1n) is 35.0. The van der Waals surface area contributed by atoms with Crippen LogP contribution in [-0.4, -0.2) is 31.7 Å². The van der Waals surface area contributed by atoms with Gasteiger partial charge in [-0.2, -0.15) is 0 Å². The monoisotopic (exact) mass is 1360 g/mol. The van der Waals surface area contributed by atoms with E-state index < -0.39 is 24.9 Å². The predicted octanol–water partition coefficient (Wildman–Crippen LogP) is 13.4. The maximum atomic E-state index is 7.90. The van der Waals surface area contributed by atoms with Crippen molar-refractivity contribution in [2.45, 2.75) is 23.6 Å². The summed E-state index contributed by atoms with van der Waals surface area (Å²) in [6, 6.07) is 140. The Bertz CT molecular complexity index is 5480. The second kappa shape index (κ2) is 24.8. The first-order valence-corrected chi connectivity index (χ1v) is 41.6. The Kier molecular flexibility index (Phi) is 14.9. The third-order valence-electron chi connectivity index (χ3n) is 21.7. The fourth-order valence-electron chi connectivity index (χ4n) is 17.5. The maximum Gasteiger partial charge on any atom is 0.253 e. The van der Waals surface area contributed by atoms with E-state index in [4.69, 9.17) is 4.74 Å². The van der Waals surface area contributed by atoms with Gasteiger partial charge in [0, 0.05) is 66.9 Å². The van der Waals surface area contributed by atoms with Crippen LogP contribution in [0.5, 0.6) is 11.5 Å². The van der Waals surface area contributed by atoms with Crippen molar-refractivity contribution in [1.82, 2.24) is 0 Å². The molecule has 4 aliphatic rings. The van der Waals surface area contributed by atoms with E-state index in [0.717, 1.165) is 51.0 Å². The van der Waals surface area contributed by atoms with Crippen LogP contribution in [0, 0.1) is 13.8 Å². The third-order valence-corrected chi connectivity index (χ3v) is 35.8. The highest BCUT2D eigenvalue weighted by molar-refractivity contribution is 8.00. The summed E-state index contributed by atoms with van der Waals surface area (Å²) in [7, 11) is -7.89. The number of hydrogen-bond acceptors (Lipinski definition) is 5. The van der Waals surface area contributed by atoms with Gasteiger partial charge in [-0.1, -0.05) is 331 Å². The number of benzene rings is 15. The fraction of sp³-hybridized carbons (Fsp3) is 0.0217. The molecule has 101 heavy (non-hydrogen) atoms. The van der Waals surface area contributed by atoms with Crippen LogP contribution in [0.4, 0.5) is 51.2 Å². The summed E-state index contributed by atoms with van der Waals surface area (Å²) < 4.78 is 7.90. The predicted molar refractivity (Wildman–Crippen MR) is 435 cm³/mol. The minimum Gasteiger partial charge on any atom is -0.458 e. The van der Waals surface area contributed by atoms with E-state index in [1.165, 1.54) is 106 Å². The number of hydrogen-bond donors (Lipinski definition) is 0. The zero-order valence-corrected chi connectivity index (χ0v) is 60.0. The Morgan fingerprint density at radius 1 is 0.356 bits per heavy atom. The van der Waals surface area contributed by atoms with Crippen molar-refractivity contribution >= 4 is 168 Å². The molecule has 19 rings (SSSR count). The van der Waals surface area contributed by atoms with Gasteiger partial charge in [-0.3, -0.25) is 0 Å². The minimum atomic E-state index is -2.94. The molecule has 0 bridgehead atoms. The van der Waals surface area contributed by atoms with Crippen LogP contribution in [0.15, 0.2) is 380 Å². The lowest BCUT2D eigenvalue weighted by Crippen LogP contribution is -2.77. The number of aryl methyl sites for hydroxylation is 1. The summed E-state index contributed by atoms with van der Waals surface area (Å²) in [4.78, 5) is 10.1. The van der Waals surface area contributed by atoms with Crippen LogP contribution >= 0.6 is 11.8 Å². The van der Waals surface area contributed by atoms with Gasteiger partial charge in [-0.25, -0.2) is 0 Å². The van der Waals surface area contributed by atoms with E-state index >= 15 is 0 Å². The molecule has 0 atom stereocenters. The van der Waals surface area contributed by atoms with Crippen LogP contribution in [0.2, 0.25) is 0 Å². The SMILES string of the molecule is Cc1ccccc1N(c1ccc2c(c1)Oc1c(C)c(N3c4ccccc4[Si](c4ccccc4)(c4ccccc4)c4ccccc43)cc3c1B2c1ccc(N2c4ccccc4[Si](c4ccccc4)(c4ccccc4)c4ccccc42)cc1S3)c1ccccc1[SiH](c1ccccc1)c1ccccc1. The van der Waals surface area contributed by atoms with Gasteiger partial charge in [0.2, 0.25) is 0 Å². The highest BCUT2D eigenvalue weighted by Crippen LogP contribution is 2.50. The molecule has 15 aromatic carbocycles. The smallest absolute Gasteiger partial charge is 0.253 e. The molecule has 0 unspecified atom stereocenters. The molecule has 0 amide bonds. The Labute approximate surface area is 599 Å². The Balaban J connectivity index is 0.833. The first-order chi connectivity index (χ1) is 50.0. The lowest BCUT2D eigenvalue weighted by molar-refractivity contribution is 0.483. The zero-order valence-electron chi connectivity index (χ0n) is 56.0. The summed E-state index contributed by atoms with van der Waals surface area (Å²) in [6.45, 7) is 4.40. The molecule has 0 radical (unpaired) electrons. The van der Waals surface area contributed by atoms with E-state index in [1.54, 1.807) is 0 Å². The quantitative estimate of drug-likeness (QED) is 0.0894. The molecular formula is C92H68BN3OSSi3. The van der Waals surface area contributed by atoms with Crippen molar-refractivity contribution in [3.05, 3.63) is 381 Å². The van der Waals surface area contributed by atoms with E-state index in [1.807, 2.05) is 11.8 Å². The van der Waals surface area contributed by atoms with Crippen LogP contribution in [0.25, 0.3) is 0 Å². The van der Waals surface area contributed by atoms with Crippen molar-refractivity contribution in [3.63, 3.8) is 0 Å². The molecule has 4 nitrogen and oxygen atoms in total. The third kappa shape index (κ3) is 9.48. The molecule has 15 aromatic rings. The van der Waals surface area contributed by atoms with Crippen molar-refractivity contribution in [2.75, 3.05) is 14.7 Å². The summed E-state index contributed by atoms with van der Waals surface area (Å²) in [5.74, 6) is 1.76. The van der Waals surface area contributed by atoms with Gasteiger partial charge < -0.3 is 19.4 Å². The Morgan fingerprint density at radius 3 is 1.27 bits per heavy atom. The lowest BCUT2D eigenvalue weighted by atomic mass is 9.35. The number of ether oxygens (including phenoxy) is 1. The van der Waals surface area contributed by atoms with Crippen LogP contribution in [0.1, 0.15) is 11.1 Å². The number of anilines is 9. The van der Waals surface area contributed by atoms with Gasteiger partial charge in [0.1, 0.15) is 20.3 Å². The van der Waals surface area contributed by atoms with Crippen molar-refractivity contribution < 1.29 is 4.74 Å². The molecule has 478 valence electrons. The largest absolute Gasteiger partial charge is 0.458 e. The van der Waals surface area contributed by atoms with E-state index in [0.29, 0.717) is 0 Å². The molecule has 0 spiro atoms. The van der Waals surface area contributed by atoms with Crippen molar-refractivity contribution in [3.8, 4) is 11.5 Å². The van der Waals surface area contributed by atoms with Crippen LogP contribution in [-0.2, 0) is 0 Å². The van der Waals surface area contributed by atoms with E-state index in [2.05, 4.69) is 399 Å². The van der Waals surface area contributed by atoms with Gasteiger partial charge in [0.15, 0.2) is 16.1 Å². The molecule has 4 aliphatic heterocycles. The second-order valence-corrected chi connectivity index (χ2v) is 38.4. The molecule has 0 saturated heterocycles. The summed E-state index contributed by atoms with van der Waals surface area (Å²) in [5.41, 5.74) is 16.3. The van der Waals surface area contributed by atoms with Crippen LogP contribution in [0.3, 0.4) is 0 Å². The van der Waals surface area contributed by atoms with Gasteiger partial charge in [0.25, 0.3) is 6.71 Å². The highest BCUT2D eigenvalue weighted by Gasteiger charge is 2.52. The first kappa shape index (κ1) is 60.7. The lowest BCUT2D eigenvalue weighted by Gasteiger charge is -2.46. The molecule has 4 heterocycles. The number of nitrogens with zero attached hydrogens (tertiary/aromatic N) is 3.